The van der Waals surface area contributed by atoms with Crippen LogP contribution in [0.2, 0.25) is 0 Å². The maximum Gasteiger partial charge on any atom is 0.289 e. The Bertz CT molecular complexity index is 664. The lowest BCUT2D eigenvalue weighted by Gasteiger charge is -2.21. The molecule has 0 atom stereocenters. The molecule has 1 fully saturated rings. The number of fused-ring (bicyclic) bond motifs is 1. The number of nitrogens with zero attached hydrogens (tertiary/aromatic N) is 4. The fourth-order valence-electron chi connectivity index (χ4n) is 2.86. The van der Waals surface area contributed by atoms with Gasteiger partial charge in [-0.05, 0) is 32.3 Å². The van der Waals surface area contributed by atoms with Gasteiger partial charge in [-0.15, -0.1) is 10.2 Å². The van der Waals surface area contributed by atoms with Crippen molar-refractivity contribution < 1.29 is 9.53 Å². The van der Waals surface area contributed by atoms with Crippen molar-refractivity contribution in [2.45, 2.75) is 51.6 Å². The zero-order valence-corrected chi connectivity index (χ0v) is 13.5. The second-order valence-electron chi connectivity index (χ2n) is 6.00. The van der Waals surface area contributed by atoms with E-state index in [1.165, 1.54) is 32.1 Å². The highest BCUT2D eigenvalue weighted by atomic mass is 16.5. The van der Waals surface area contributed by atoms with Gasteiger partial charge in [-0.3, -0.25) is 9.20 Å². The molecule has 0 aromatic carbocycles. The van der Waals surface area contributed by atoms with Gasteiger partial charge in [0, 0.05) is 25.0 Å². The molecule has 0 spiro atoms. The molecule has 124 valence electrons. The van der Waals surface area contributed by atoms with Crippen molar-refractivity contribution in [1.82, 2.24) is 24.9 Å². The van der Waals surface area contributed by atoms with E-state index in [1.807, 2.05) is 13.0 Å². The largest absolute Gasteiger partial charge is 0.378 e. The molecule has 0 unspecified atom stereocenters. The van der Waals surface area contributed by atoms with Crippen molar-refractivity contribution in [2.75, 3.05) is 13.2 Å². The van der Waals surface area contributed by atoms with E-state index in [9.17, 15) is 4.79 Å². The quantitative estimate of drug-likeness (QED) is 0.823. The maximum atomic E-state index is 12.2. The molecule has 0 radical (unpaired) electrons. The van der Waals surface area contributed by atoms with Gasteiger partial charge in [0.1, 0.15) is 0 Å². The zero-order valence-electron chi connectivity index (χ0n) is 13.5. The molecule has 1 amide bonds. The van der Waals surface area contributed by atoms with Gasteiger partial charge in [-0.1, -0.05) is 19.3 Å². The first-order chi connectivity index (χ1) is 11.2. The van der Waals surface area contributed by atoms with E-state index >= 15 is 0 Å². The summed E-state index contributed by atoms with van der Waals surface area (Å²) >= 11 is 0. The van der Waals surface area contributed by atoms with Gasteiger partial charge in [0.05, 0.1) is 6.10 Å². The lowest BCUT2D eigenvalue weighted by molar-refractivity contribution is 0.0273. The first-order valence-corrected chi connectivity index (χ1v) is 8.32. The topological polar surface area (TPSA) is 81.4 Å². The van der Waals surface area contributed by atoms with E-state index in [0.29, 0.717) is 25.0 Å². The molecule has 1 aliphatic rings. The highest BCUT2D eigenvalue weighted by Crippen LogP contribution is 2.20. The van der Waals surface area contributed by atoms with Crippen LogP contribution in [0.3, 0.4) is 0 Å². The smallest absolute Gasteiger partial charge is 0.289 e. The second-order valence-corrected chi connectivity index (χ2v) is 6.00. The predicted molar refractivity (Wildman–Crippen MR) is 85.3 cm³/mol. The number of rotatable bonds is 6. The Kier molecular flexibility index (Phi) is 5.17. The Hall–Kier alpha value is -2.02. The predicted octanol–water partition coefficient (Wildman–Crippen LogP) is 1.90. The fourth-order valence-corrected chi connectivity index (χ4v) is 2.86. The molecule has 0 bridgehead atoms. The van der Waals surface area contributed by atoms with Crippen LogP contribution in [-0.4, -0.2) is 44.7 Å². The number of nitrogens with one attached hydrogen (secondary N) is 1. The van der Waals surface area contributed by atoms with E-state index in [4.69, 9.17) is 4.74 Å². The molecular weight excluding hydrogens is 294 g/mol. The third-order valence-electron chi connectivity index (χ3n) is 4.13. The minimum Gasteiger partial charge on any atom is -0.378 e. The second kappa shape index (κ2) is 7.50. The van der Waals surface area contributed by atoms with E-state index in [2.05, 4.69) is 20.5 Å². The van der Waals surface area contributed by atoms with Crippen molar-refractivity contribution in [3.63, 3.8) is 0 Å². The van der Waals surface area contributed by atoms with Crippen LogP contribution < -0.4 is 5.32 Å². The normalized spacial score (nSPS) is 15.9. The summed E-state index contributed by atoms with van der Waals surface area (Å²) in [4.78, 5) is 16.4. The van der Waals surface area contributed by atoms with Gasteiger partial charge >= 0.3 is 0 Å². The number of ether oxygens (including phenoxy) is 1. The van der Waals surface area contributed by atoms with E-state index < -0.39 is 0 Å². The van der Waals surface area contributed by atoms with Crippen LogP contribution >= 0.6 is 0 Å². The number of hydrogen-bond donors (Lipinski definition) is 1. The summed E-state index contributed by atoms with van der Waals surface area (Å²) in [5, 5.41) is 10.7. The Morgan fingerprint density at radius 2 is 2.17 bits per heavy atom. The molecule has 1 saturated carbocycles. The molecule has 1 aliphatic carbocycles. The van der Waals surface area contributed by atoms with Crippen molar-refractivity contribution >= 4 is 11.7 Å². The summed E-state index contributed by atoms with van der Waals surface area (Å²) in [6.07, 6.45) is 9.19. The lowest BCUT2D eigenvalue weighted by Crippen LogP contribution is -2.28. The van der Waals surface area contributed by atoms with Gasteiger partial charge in [0.25, 0.3) is 11.7 Å². The number of aryl methyl sites for hydroxylation is 1. The summed E-state index contributed by atoms with van der Waals surface area (Å²) in [6.45, 7) is 3.13. The van der Waals surface area contributed by atoms with Gasteiger partial charge in [0.2, 0.25) is 5.82 Å². The molecule has 7 nitrogen and oxygen atoms in total. The van der Waals surface area contributed by atoms with Crippen LogP contribution in [-0.2, 0) is 4.74 Å². The summed E-state index contributed by atoms with van der Waals surface area (Å²) in [5.41, 5.74) is 0.844. The average molecular weight is 317 g/mol. The van der Waals surface area contributed by atoms with Gasteiger partial charge in [-0.25, -0.2) is 4.98 Å². The lowest BCUT2D eigenvalue weighted by atomic mass is 9.98. The molecule has 0 aliphatic heterocycles. The fraction of sp³-hybridized carbons (Fsp3) is 0.625. The maximum absolute atomic E-state index is 12.2. The summed E-state index contributed by atoms with van der Waals surface area (Å²) in [6, 6.07) is 1.82. The molecule has 0 saturated heterocycles. The van der Waals surface area contributed by atoms with Gasteiger partial charge in [-0.2, -0.15) is 0 Å². The monoisotopic (exact) mass is 317 g/mol. The molecule has 3 rings (SSSR count). The Balaban J connectivity index is 1.43. The SMILES string of the molecule is Cc1ccn2c(C(=O)NCCCOC3CCCCC3)nnc2n1. The zero-order chi connectivity index (χ0) is 16.1. The van der Waals surface area contributed by atoms with Gasteiger partial charge < -0.3 is 10.1 Å². The van der Waals surface area contributed by atoms with Gasteiger partial charge in [0.15, 0.2) is 0 Å². The third-order valence-corrected chi connectivity index (χ3v) is 4.13. The van der Waals surface area contributed by atoms with Crippen molar-refractivity contribution in [3.05, 3.63) is 23.8 Å². The average Bonchev–Trinajstić information content (AvgIpc) is 2.98. The standard InChI is InChI=1S/C16H23N5O2/c1-12-8-10-21-14(19-20-16(21)18-12)15(22)17-9-5-11-23-13-6-3-2-4-7-13/h8,10,13H,2-7,9,11H2,1H3,(H,17,22). The number of hydrogen-bond acceptors (Lipinski definition) is 5. The molecule has 7 heteroatoms. The Morgan fingerprint density at radius 3 is 3.00 bits per heavy atom. The first-order valence-electron chi connectivity index (χ1n) is 8.32. The summed E-state index contributed by atoms with van der Waals surface area (Å²) in [7, 11) is 0. The molecular formula is C16H23N5O2. The highest BCUT2D eigenvalue weighted by Gasteiger charge is 2.15. The number of carbonyl (C=O) groups excluding carboxylic acids is 1. The minimum atomic E-state index is -0.235. The highest BCUT2D eigenvalue weighted by molar-refractivity contribution is 5.91. The molecule has 2 aromatic heterocycles. The van der Waals surface area contributed by atoms with Crippen LogP contribution in [0.25, 0.3) is 5.78 Å². The molecule has 2 heterocycles. The Morgan fingerprint density at radius 1 is 1.35 bits per heavy atom. The summed E-state index contributed by atoms with van der Waals surface area (Å²) in [5.74, 6) is 0.470. The van der Waals surface area contributed by atoms with Crippen LogP contribution in [0.5, 0.6) is 0 Å². The van der Waals surface area contributed by atoms with Crippen LogP contribution in [0.4, 0.5) is 0 Å². The summed E-state index contributed by atoms with van der Waals surface area (Å²) < 4.78 is 7.44. The van der Waals surface area contributed by atoms with E-state index in [1.54, 1.807) is 10.6 Å². The first kappa shape index (κ1) is 15.9. The van der Waals surface area contributed by atoms with Crippen molar-refractivity contribution in [1.29, 1.82) is 0 Å². The number of aromatic nitrogens is 4. The Labute approximate surface area is 135 Å². The molecule has 1 N–H and O–H groups in total. The van der Waals surface area contributed by atoms with Crippen molar-refractivity contribution in [2.24, 2.45) is 0 Å². The van der Waals surface area contributed by atoms with Crippen molar-refractivity contribution in [3.8, 4) is 0 Å². The minimum absolute atomic E-state index is 0.235. The molecule has 23 heavy (non-hydrogen) atoms. The van der Waals surface area contributed by atoms with Crippen LogP contribution in [0, 0.1) is 6.92 Å². The number of carbonyl (C=O) groups is 1. The third kappa shape index (κ3) is 4.04. The van der Waals surface area contributed by atoms with E-state index in [-0.39, 0.29) is 11.7 Å². The van der Waals surface area contributed by atoms with Crippen LogP contribution in [0.1, 0.15) is 54.8 Å². The molecule has 2 aromatic rings. The van der Waals surface area contributed by atoms with Crippen LogP contribution in [0.15, 0.2) is 12.3 Å². The number of amides is 1. The van der Waals surface area contributed by atoms with E-state index in [0.717, 1.165) is 12.1 Å².